The molecule has 23 heavy (non-hydrogen) atoms. The third-order valence-corrected chi connectivity index (χ3v) is 4.28. The van der Waals surface area contributed by atoms with Gasteiger partial charge in [-0.25, -0.2) is 0 Å². The molecule has 0 saturated carbocycles. The van der Waals surface area contributed by atoms with Gasteiger partial charge in [-0.1, -0.05) is 0 Å². The topological polar surface area (TPSA) is 51.5 Å². The monoisotopic (exact) mass is 327 g/mol. The first-order chi connectivity index (χ1) is 11.3. The molecular weight excluding hydrogens is 310 g/mol. The molecule has 2 aromatic carbocycles. The Bertz CT molecular complexity index is 694. The maximum atomic E-state index is 8.76. The maximum Gasteiger partial charge on any atom is 0.162 e. The third-order valence-electron chi connectivity index (χ3n) is 3.32. The normalized spacial score (nSPS) is 13.0. The van der Waals surface area contributed by atoms with Gasteiger partial charge < -0.3 is 14.2 Å². The zero-order valence-corrected chi connectivity index (χ0v) is 13.5. The molecule has 0 N–H and O–H groups in total. The molecule has 0 fully saturated rings. The van der Waals surface area contributed by atoms with Crippen LogP contribution in [0.15, 0.2) is 47.4 Å². The summed E-state index contributed by atoms with van der Waals surface area (Å²) < 4.78 is 17.0. The van der Waals surface area contributed by atoms with Crippen LogP contribution in [-0.4, -0.2) is 25.6 Å². The van der Waals surface area contributed by atoms with Gasteiger partial charge in [0.1, 0.15) is 5.75 Å². The Morgan fingerprint density at radius 3 is 2.61 bits per heavy atom. The van der Waals surface area contributed by atoms with Crippen LogP contribution in [0.5, 0.6) is 17.2 Å². The third kappa shape index (κ3) is 4.33. The summed E-state index contributed by atoms with van der Waals surface area (Å²) in [4.78, 5) is 1.14. The van der Waals surface area contributed by atoms with Crippen LogP contribution in [0.25, 0.3) is 0 Å². The number of nitrogens with zero attached hydrogens (tertiary/aromatic N) is 1. The zero-order chi connectivity index (χ0) is 15.9. The molecule has 118 valence electrons. The summed E-state index contributed by atoms with van der Waals surface area (Å²) in [6, 6.07) is 15.3. The SMILES string of the molecule is N#Cc1ccc(OCCSc2ccc3c(c2)OCCCO3)cc1. The van der Waals surface area contributed by atoms with E-state index in [2.05, 4.69) is 6.07 Å². The highest BCUT2D eigenvalue weighted by atomic mass is 32.2. The molecule has 0 aromatic heterocycles. The van der Waals surface area contributed by atoms with Gasteiger partial charge in [0, 0.05) is 17.1 Å². The highest BCUT2D eigenvalue weighted by Crippen LogP contribution is 2.33. The van der Waals surface area contributed by atoms with Crippen molar-refractivity contribution in [2.75, 3.05) is 25.6 Å². The maximum absolute atomic E-state index is 8.76. The van der Waals surface area contributed by atoms with Crippen LogP contribution < -0.4 is 14.2 Å². The van der Waals surface area contributed by atoms with Crippen molar-refractivity contribution in [1.29, 1.82) is 5.26 Å². The standard InChI is InChI=1S/C18H17NO3S/c19-13-14-2-4-15(5-3-14)20-10-11-23-16-6-7-17-18(12-16)22-9-1-8-21-17/h2-7,12H,1,8-11H2. The number of benzene rings is 2. The Hall–Kier alpha value is -2.32. The summed E-state index contributed by atoms with van der Waals surface area (Å²) >= 11 is 1.71. The fraction of sp³-hybridized carbons (Fsp3) is 0.278. The van der Waals surface area contributed by atoms with Gasteiger partial charge in [-0.15, -0.1) is 11.8 Å². The molecule has 0 atom stereocenters. The van der Waals surface area contributed by atoms with Gasteiger partial charge in [-0.3, -0.25) is 0 Å². The van der Waals surface area contributed by atoms with E-state index < -0.39 is 0 Å². The van der Waals surface area contributed by atoms with E-state index in [9.17, 15) is 0 Å². The lowest BCUT2D eigenvalue weighted by Crippen LogP contribution is -2.00. The predicted molar refractivity (Wildman–Crippen MR) is 89.4 cm³/mol. The quantitative estimate of drug-likeness (QED) is 0.616. The fourth-order valence-corrected chi connectivity index (χ4v) is 2.94. The van der Waals surface area contributed by atoms with E-state index in [0.717, 1.165) is 34.3 Å². The van der Waals surface area contributed by atoms with Crippen molar-refractivity contribution in [3.8, 4) is 23.3 Å². The van der Waals surface area contributed by atoms with Gasteiger partial charge in [0.05, 0.1) is 31.5 Å². The summed E-state index contributed by atoms with van der Waals surface area (Å²) in [5, 5.41) is 8.76. The van der Waals surface area contributed by atoms with E-state index in [0.29, 0.717) is 25.4 Å². The summed E-state index contributed by atoms with van der Waals surface area (Å²) in [6.07, 6.45) is 0.912. The van der Waals surface area contributed by atoms with Crippen molar-refractivity contribution in [1.82, 2.24) is 0 Å². The van der Waals surface area contributed by atoms with Crippen molar-refractivity contribution >= 4 is 11.8 Å². The van der Waals surface area contributed by atoms with Crippen molar-refractivity contribution in [3.63, 3.8) is 0 Å². The number of rotatable bonds is 5. The van der Waals surface area contributed by atoms with Crippen molar-refractivity contribution in [2.24, 2.45) is 0 Å². The highest BCUT2D eigenvalue weighted by molar-refractivity contribution is 7.99. The number of nitriles is 1. The minimum atomic E-state index is 0.602. The van der Waals surface area contributed by atoms with Crippen LogP contribution in [0.4, 0.5) is 0 Å². The minimum absolute atomic E-state index is 0.602. The number of hydrogen-bond donors (Lipinski definition) is 0. The van der Waals surface area contributed by atoms with E-state index >= 15 is 0 Å². The second-order valence-corrected chi connectivity index (χ2v) is 6.16. The molecule has 5 heteroatoms. The van der Waals surface area contributed by atoms with Crippen LogP contribution in [-0.2, 0) is 0 Å². The Balaban J connectivity index is 1.48. The Kier molecular flexibility index (Phi) is 5.28. The van der Waals surface area contributed by atoms with E-state index in [1.165, 1.54) is 0 Å². The van der Waals surface area contributed by atoms with Gasteiger partial charge >= 0.3 is 0 Å². The van der Waals surface area contributed by atoms with Crippen LogP contribution >= 0.6 is 11.8 Å². The van der Waals surface area contributed by atoms with Gasteiger partial charge in [-0.05, 0) is 42.5 Å². The molecule has 1 aliphatic rings. The molecule has 0 amide bonds. The van der Waals surface area contributed by atoms with Crippen LogP contribution in [0.1, 0.15) is 12.0 Å². The Labute approximate surface area is 140 Å². The zero-order valence-electron chi connectivity index (χ0n) is 12.7. The lowest BCUT2D eigenvalue weighted by molar-refractivity contribution is 0.297. The molecular formula is C18H17NO3S. The number of thioether (sulfide) groups is 1. The van der Waals surface area contributed by atoms with Crippen molar-refractivity contribution in [3.05, 3.63) is 48.0 Å². The van der Waals surface area contributed by atoms with E-state index in [-0.39, 0.29) is 0 Å². The van der Waals surface area contributed by atoms with Crippen molar-refractivity contribution in [2.45, 2.75) is 11.3 Å². The van der Waals surface area contributed by atoms with Crippen LogP contribution in [0.3, 0.4) is 0 Å². The average molecular weight is 327 g/mol. The predicted octanol–water partition coefficient (Wildman–Crippen LogP) is 3.89. The first-order valence-corrected chi connectivity index (χ1v) is 8.49. The molecule has 1 aliphatic heterocycles. The fourth-order valence-electron chi connectivity index (χ4n) is 2.18. The molecule has 0 radical (unpaired) electrons. The first-order valence-electron chi connectivity index (χ1n) is 7.50. The smallest absolute Gasteiger partial charge is 0.162 e. The van der Waals surface area contributed by atoms with E-state index in [1.54, 1.807) is 23.9 Å². The summed E-state index contributed by atoms with van der Waals surface area (Å²) in [5.41, 5.74) is 0.638. The Morgan fingerprint density at radius 2 is 1.83 bits per heavy atom. The molecule has 3 rings (SSSR count). The summed E-state index contributed by atoms with van der Waals surface area (Å²) in [5.74, 6) is 3.25. The number of fused-ring (bicyclic) bond motifs is 1. The molecule has 0 spiro atoms. The molecule has 2 aromatic rings. The average Bonchev–Trinajstić information content (AvgIpc) is 2.84. The van der Waals surface area contributed by atoms with Crippen molar-refractivity contribution < 1.29 is 14.2 Å². The number of hydrogen-bond acceptors (Lipinski definition) is 5. The summed E-state index contributed by atoms with van der Waals surface area (Å²) in [6.45, 7) is 2.01. The molecule has 1 heterocycles. The first kappa shape index (κ1) is 15.6. The molecule has 0 bridgehead atoms. The lowest BCUT2D eigenvalue weighted by Gasteiger charge is -2.09. The Morgan fingerprint density at radius 1 is 1.04 bits per heavy atom. The minimum Gasteiger partial charge on any atom is -0.493 e. The second-order valence-electron chi connectivity index (χ2n) is 4.99. The van der Waals surface area contributed by atoms with Crippen LogP contribution in [0, 0.1) is 11.3 Å². The molecule has 0 saturated heterocycles. The largest absolute Gasteiger partial charge is 0.493 e. The van der Waals surface area contributed by atoms with E-state index in [1.807, 2.05) is 30.3 Å². The molecule has 0 aliphatic carbocycles. The van der Waals surface area contributed by atoms with Crippen LogP contribution in [0.2, 0.25) is 0 Å². The second kappa shape index (κ2) is 7.80. The van der Waals surface area contributed by atoms with Gasteiger partial charge in [0.25, 0.3) is 0 Å². The van der Waals surface area contributed by atoms with Gasteiger partial charge in [-0.2, -0.15) is 5.26 Å². The molecule has 0 unspecified atom stereocenters. The van der Waals surface area contributed by atoms with Gasteiger partial charge in [0.15, 0.2) is 11.5 Å². The summed E-state index contributed by atoms with van der Waals surface area (Å²) in [7, 11) is 0. The number of ether oxygens (including phenoxy) is 3. The van der Waals surface area contributed by atoms with Gasteiger partial charge in [0.2, 0.25) is 0 Å². The highest BCUT2D eigenvalue weighted by Gasteiger charge is 2.10. The lowest BCUT2D eigenvalue weighted by atomic mass is 10.2. The van der Waals surface area contributed by atoms with E-state index in [4.69, 9.17) is 19.5 Å². The molecule has 4 nitrogen and oxygen atoms in total.